The molecule has 0 saturated carbocycles. The van der Waals surface area contributed by atoms with E-state index in [1.165, 1.54) is 12.1 Å². The second-order valence-corrected chi connectivity index (χ2v) is 5.89. The maximum absolute atomic E-state index is 13.4. The van der Waals surface area contributed by atoms with Gasteiger partial charge in [-0.1, -0.05) is 6.07 Å². The van der Waals surface area contributed by atoms with Gasteiger partial charge in [-0.05, 0) is 36.1 Å². The summed E-state index contributed by atoms with van der Waals surface area (Å²) in [4.78, 5) is 12.1. The number of carbonyl (C=O) groups excluding carboxylic acids is 1. The summed E-state index contributed by atoms with van der Waals surface area (Å²) in [7, 11) is 0. The van der Waals surface area contributed by atoms with Crippen molar-refractivity contribution in [3.63, 3.8) is 0 Å². The van der Waals surface area contributed by atoms with E-state index in [4.69, 9.17) is 6.42 Å². The molecule has 1 unspecified atom stereocenters. The van der Waals surface area contributed by atoms with Crippen LogP contribution in [0.1, 0.15) is 49.3 Å². The van der Waals surface area contributed by atoms with Gasteiger partial charge in [-0.25, -0.2) is 4.39 Å². The molecule has 114 valence electrons. The fraction of sp³-hybridized carbons (Fsp3) is 0.471. The maximum Gasteiger partial charge on any atom is 0.220 e. The fourth-order valence-electron chi connectivity index (χ4n) is 2.97. The molecule has 4 nitrogen and oxygen atoms in total. The van der Waals surface area contributed by atoms with Gasteiger partial charge in [0.2, 0.25) is 5.91 Å². The van der Waals surface area contributed by atoms with Crippen LogP contribution in [-0.2, 0) is 11.2 Å². The van der Waals surface area contributed by atoms with Crippen LogP contribution in [0.2, 0.25) is 0 Å². The van der Waals surface area contributed by atoms with Crippen LogP contribution in [0.15, 0.2) is 28.4 Å². The lowest BCUT2D eigenvalue weighted by Gasteiger charge is -2.15. The Bertz CT molecular complexity index is 656. The second kappa shape index (κ2) is 5.88. The molecule has 1 aromatic rings. The first-order valence-corrected chi connectivity index (χ1v) is 7.57. The number of amides is 1. The van der Waals surface area contributed by atoms with Crippen molar-refractivity contribution in [2.45, 2.75) is 50.2 Å². The number of nitrogens with one attached hydrogen (secondary N) is 1. The van der Waals surface area contributed by atoms with E-state index in [2.05, 4.69) is 21.5 Å². The number of hydrogen-bond acceptors (Lipinski definition) is 3. The van der Waals surface area contributed by atoms with Gasteiger partial charge < -0.3 is 5.32 Å². The molecule has 1 heterocycles. The Morgan fingerprint density at radius 1 is 1.45 bits per heavy atom. The third kappa shape index (κ3) is 3.16. The van der Waals surface area contributed by atoms with Crippen molar-refractivity contribution in [1.82, 2.24) is 5.32 Å². The molecule has 1 aromatic carbocycles. The van der Waals surface area contributed by atoms with Crippen molar-refractivity contribution in [1.29, 1.82) is 0 Å². The predicted octanol–water partition coefficient (Wildman–Crippen LogP) is 3.28. The van der Waals surface area contributed by atoms with Crippen molar-refractivity contribution < 1.29 is 9.18 Å². The Balaban J connectivity index is 1.52. The molecule has 0 aromatic heterocycles. The second-order valence-electron chi connectivity index (χ2n) is 5.89. The highest BCUT2D eigenvalue weighted by Gasteiger charge is 2.39. The van der Waals surface area contributed by atoms with Gasteiger partial charge in [-0.15, -0.1) is 12.3 Å². The highest BCUT2D eigenvalue weighted by molar-refractivity contribution is 5.76. The molecule has 0 fully saturated rings. The maximum atomic E-state index is 13.4. The number of fused-ring (bicyclic) bond motifs is 1. The standard InChI is InChI=1S/C17H18FN3O/c1-2-3-9-17(20-21-17)10-8-16(22)19-15-7-5-12-4-6-13(18)11-14(12)15/h1,4,6,11,15H,3,5,7-10H2,(H,19,22). The van der Waals surface area contributed by atoms with Gasteiger partial charge >= 0.3 is 0 Å². The average Bonchev–Trinajstić information content (AvgIpc) is 3.19. The van der Waals surface area contributed by atoms with Gasteiger partial charge in [-0.2, -0.15) is 10.2 Å². The largest absolute Gasteiger partial charge is 0.349 e. The van der Waals surface area contributed by atoms with Crippen molar-refractivity contribution in [3.05, 3.63) is 35.1 Å². The van der Waals surface area contributed by atoms with Gasteiger partial charge in [0.05, 0.1) is 6.04 Å². The quantitative estimate of drug-likeness (QED) is 0.805. The lowest BCUT2D eigenvalue weighted by Crippen LogP contribution is -2.28. The van der Waals surface area contributed by atoms with E-state index in [1.807, 2.05) is 0 Å². The van der Waals surface area contributed by atoms with Crippen LogP contribution in [0, 0.1) is 18.2 Å². The van der Waals surface area contributed by atoms with E-state index in [0.717, 1.165) is 24.0 Å². The fourth-order valence-corrected chi connectivity index (χ4v) is 2.97. The van der Waals surface area contributed by atoms with E-state index < -0.39 is 5.66 Å². The highest BCUT2D eigenvalue weighted by atomic mass is 19.1. The smallest absolute Gasteiger partial charge is 0.220 e. The molecule has 1 atom stereocenters. The van der Waals surface area contributed by atoms with E-state index in [1.54, 1.807) is 6.07 Å². The number of aryl methyl sites for hydroxylation is 1. The first kappa shape index (κ1) is 14.7. The Morgan fingerprint density at radius 2 is 2.27 bits per heavy atom. The molecule has 0 bridgehead atoms. The summed E-state index contributed by atoms with van der Waals surface area (Å²) in [5, 5.41) is 11.0. The normalized spacial score (nSPS) is 20.3. The van der Waals surface area contributed by atoms with Crippen LogP contribution in [0.5, 0.6) is 0 Å². The molecule has 1 amide bonds. The molecule has 22 heavy (non-hydrogen) atoms. The first-order chi connectivity index (χ1) is 10.6. The summed E-state index contributed by atoms with van der Waals surface area (Å²) in [6, 6.07) is 4.70. The number of rotatable bonds is 6. The number of terminal acetylenes is 1. The van der Waals surface area contributed by atoms with Crippen LogP contribution in [0.3, 0.4) is 0 Å². The van der Waals surface area contributed by atoms with Gasteiger partial charge in [0.15, 0.2) is 5.66 Å². The summed E-state index contributed by atoms with van der Waals surface area (Å²) in [6.07, 6.45) is 9.20. The zero-order valence-electron chi connectivity index (χ0n) is 12.3. The minimum absolute atomic E-state index is 0.0421. The number of hydrogen-bond donors (Lipinski definition) is 1. The lowest BCUT2D eigenvalue weighted by molar-refractivity contribution is -0.122. The Kier molecular flexibility index (Phi) is 3.93. The Labute approximate surface area is 129 Å². The summed E-state index contributed by atoms with van der Waals surface area (Å²) in [6.45, 7) is 0. The molecule has 0 radical (unpaired) electrons. The third-order valence-corrected chi connectivity index (χ3v) is 4.33. The molecule has 1 N–H and O–H groups in total. The van der Waals surface area contributed by atoms with Gasteiger partial charge in [-0.3, -0.25) is 4.79 Å². The van der Waals surface area contributed by atoms with Crippen molar-refractivity contribution >= 4 is 5.91 Å². The van der Waals surface area contributed by atoms with E-state index in [-0.39, 0.29) is 17.8 Å². The van der Waals surface area contributed by atoms with Crippen molar-refractivity contribution in [2.24, 2.45) is 10.2 Å². The number of nitrogens with zero attached hydrogens (tertiary/aromatic N) is 2. The molecule has 5 heteroatoms. The minimum Gasteiger partial charge on any atom is -0.349 e. The number of halogens is 1. The van der Waals surface area contributed by atoms with Crippen molar-refractivity contribution in [3.8, 4) is 12.3 Å². The zero-order valence-corrected chi connectivity index (χ0v) is 12.3. The molecular weight excluding hydrogens is 281 g/mol. The van der Waals surface area contributed by atoms with Crippen LogP contribution in [-0.4, -0.2) is 11.6 Å². The van der Waals surface area contributed by atoms with E-state index >= 15 is 0 Å². The van der Waals surface area contributed by atoms with Crippen LogP contribution in [0.25, 0.3) is 0 Å². The number of benzene rings is 1. The van der Waals surface area contributed by atoms with Gasteiger partial charge in [0.25, 0.3) is 0 Å². The SMILES string of the molecule is C#CCCC1(CCC(=O)NC2CCc3ccc(F)cc32)N=N1. The van der Waals surface area contributed by atoms with Crippen LogP contribution in [0.4, 0.5) is 4.39 Å². The van der Waals surface area contributed by atoms with Crippen LogP contribution >= 0.6 is 0 Å². The Hall–Kier alpha value is -2.22. The summed E-state index contributed by atoms with van der Waals surface area (Å²) in [5.74, 6) is 2.27. The molecule has 0 spiro atoms. The van der Waals surface area contributed by atoms with Gasteiger partial charge in [0.1, 0.15) is 5.82 Å². The first-order valence-electron chi connectivity index (χ1n) is 7.57. The van der Waals surface area contributed by atoms with Crippen molar-refractivity contribution in [2.75, 3.05) is 0 Å². The zero-order chi connectivity index (χ0) is 15.6. The third-order valence-electron chi connectivity index (χ3n) is 4.33. The summed E-state index contributed by atoms with van der Waals surface area (Å²) < 4.78 is 13.4. The molecule has 3 rings (SSSR count). The Morgan fingerprint density at radius 3 is 3.00 bits per heavy atom. The average molecular weight is 299 g/mol. The highest BCUT2D eigenvalue weighted by Crippen LogP contribution is 2.38. The topological polar surface area (TPSA) is 53.8 Å². The summed E-state index contributed by atoms with van der Waals surface area (Å²) in [5.41, 5.74) is 1.59. The molecule has 1 aliphatic heterocycles. The summed E-state index contributed by atoms with van der Waals surface area (Å²) >= 11 is 0. The van der Waals surface area contributed by atoms with E-state index in [9.17, 15) is 9.18 Å². The molecule has 2 aliphatic rings. The minimum atomic E-state index is -0.427. The molecule has 0 saturated heterocycles. The van der Waals surface area contributed by atoms with Gasteiger partial charge in [0, 0.05) is 25.7 Å². The monoisotopic (exact) mass is 299 g/mol. The predicted molar refractivity (Wildman–Crippen MR) is 80.5 cm³/mol. The van der Waals surface area contributed by atoms with Crippen LogP contribution < -0.4 is 5.32 Å². The molecule has 1 aliphatic carbocycles. The van der Waals surface area contributed by atoms with E-state index in [0.29, 0.717) is 25.7 Å². The lowest BCUT2D eigenvalue weighted by atomic mass is 10.0. The number of carbonyl (C=O) groups is 1. The molecular formula is C17H18FN3O.